The molecule has 0 aliphatic heterocycles. The molecule has 0 bridgehead atoms. The van der Waals surface area contributed by atoms with E-state index >= 15 is 0 Å². The van der Waals surface area contributed by atoms with Crippen molar-refractivity contribution in [3.8, 4) is 0 Å². The van der Waals surface area contributed by atoms with Gasteiger partial charge < -0.3 is 10.6 Å². The molecule has 0 saturated carbocycles. The van der Waals surface area contributed by atoms with E-state index < -0.39 is 0 Å². The molecule has 0 aromatic carbocycles. The van der Waals surface area contributed by atoms with E-state index in [1.807, 2.05) is 24.3 Å². The Morgan fingerprint density at radius 2 is 2.10 bits per heavy atom. The van der Waals surface area contributed by atoms with Gasteiger partial charge in [0.15, 0.2) is 0 Å². The van der Waals surface area contributed by atoms with Crippen LogP contribution in [0.25, 0.3) is 0 Å². The van der Waals surface area contributed by atoms with Crippen LogP contribution in [0, 0.1) is 0 Å². The number of amides is 1. The topological polar surface area (TPSA) is 66.9 Å². The van der Waals surface area contributed by atoms with Crippen molar-refractivity contribution in [2.75, 3.05) is 10.6 Å². The molecule has 2 aromatic rings. The zero-order chi connectivity index (χ0) is 14.9. The van der Waals surface area contributed by atoms with Crippen LogP contribution in [0.15, 0.2) is 42.7 Å². The highest BCUT2D eigenvalue weighted by Gasteiger charge is 2.02. The second-order valence-corrected chi connectivity index (χ2v) is 4.76. The lowest BCUT2D eigenvalue weighted by Crippen LogP contribution is -2.12. The van der Waals surface area contributed by atoms with Crippen LogP contribution in [0.1, 0.15) is 31.9 Å². The molecule has 0 spiro atoms. The highest BCUT2D eigenvalue weighted by Crippen LogP contribution is 2.11. The zero-order valence-electron chi connectivity index (χ0n) is 12.2. The molecule has 2 heterocycles. The molecule has 110 valence electrons. The van der Waals surface area contributed by atoms with Gasteiger partial charge in [0, 0.05) is 12.6 Å². The predicted octanol–water partition coefficient (Wildman–Crippen LogP) is 3.22. The van der Waals surface area contributed by atoms with Crippen molar-refractivity contribution in [2.24, 2.45) is 0 Å². The minimum Gasteiger partial charge on any atom is -0.378 e. The number of anilines is 2. The minimum atomic E-state index is 0.0125. The lowest BCUT2D eigenvalue weighted by Gasteiger charge is -2.07. The van der Waals surface area contributed by atoms with Gasteiger partial charge in [0.2, 0.25) is 5.91 Å². The van der Waals surface area contributed by atoms with E-state index in [1.165, 1.54) is 0 Å². The summed E-state index contributed by atoms with van der Waals surface area (Å²) in [5, 5.41) is 6.03. The van der Waals surface area contributed by atoms with Gasteiger partial charge in [-0.25, -0.2) is 4.98 Å². The van der Waals surface area contributed by atoms with E-state index in [-0.39, 0.29) is 5.91 Å². The highest BCUT2D eigenvalue weighted by atomic mass is 16.1. The van der Waals surface area contributed by atoms with Crippen LogP contribution in [0.3, 0.4) is 0 Å². The predicted molar refractivity (Wildman–Crippen MR) is 84.0 cm³/mol. The maximum absolute atomic E-state index is 11.6. The van der Waals surface area contributed by atoms with Gasteiger partial charge in [-0.3, -0.25) is 9.78 Å². The first kappa shape index (κ1) is 15.0. The molecule has 0 aliphatic rings. The fourth-order valence-corrected chi connectivity index (χ4v) is 1.81. The summed E-state index contributed by atoms with van der Waals surface area (Å²) in [6, 6.07) is 9.50. The smallest absolute Gasteiger partial charge is 0.225 e. The lowest BCUT2D eigenvalue weighted by atomic mass is 10.2. The molecule has 5 heteroatoms. The first-order valence-corrected chi connectivity index (χ1v) is 7.17. The number of nitrogens with zero attached hydrogens (tertiary/aromatic N) is 2. The summed E-state index contributed by atoms with van der Waals surface area (Å²) in [4.78, 5) is 20.1. The van der Waals surface area contributed by atoms with Crippen LogP contribution < -0.4 is 10.6 Å². The highest BCUT2D eigenvalue weighted by molar-refractivity contribution is 5.89. The number of pyridine rings is 2. The van der Waals surface area contributed by atoms with Gasteiger partial charge in [-0.2, -0.15) is 0 Å². The van der Waals surface area contributed by atoms with Crippen molar-refractivity contribution in [3.63, 3.8) is 0 Å². The summed E-state index contributed by atoms with van der Waals surface area (Å²) in [7, 11) is 0. The number of rotatable bonds is 7. The largest absolute Gasteiger partial charge is 0.378 e. The van der Waals surface area contributed by atoms with Crippen molar-refractivity contribution in [2.45, 2.75) is 32.7 Å². The summed E-state index contributed by atoms with van der Waals surface area (Å²) in [6.07, 6.45) is 5.92. The first-order valence-electron chi connectivity index (χ1n) is 7.17. The molecular formula is C16H20N4O. The van der Waals surface area contributed by atoms with Crippen molar-refractivity contribution < 1.29 is 4.79 Å². The van der Waals surface area contributed by atoms with Crippen molar-refractivity contribution in [1.29, 1.82) is 0 Å². The average Bonchev–Trinajstić information content (AvgIpc) is 2.53. The Bertz CT molecular complexity index is 554. The normalized spacial score (nSPS) is 10.1. The molecule has 21 heavy (non-hydrogen) atoms. The monoisotopic (exact) mass is 284 g/mol. The second-order valence-electron chi connectivity index (χ2n) is 4.76. The van der Waals surface area contributed by atoms with Gasteiger partial charge in [0.1, 0.15) is 5.82 Å². The van der Waals surface area contributed by atoms with Crippen LogP contribution in [0.5, 0.6) is 0 Å². The maximum atomic E-state index is 11.6. The zero-order valence-corrected chi connectivity index (χ0v) is 12.2. The molecule has 2 aromatic heterocycles. The maximum Gasteiger partial charge on any atom is 0.225 e. The number of nitrogens with one attached hydrogen (secondary N) is 2. The van der Waals surface area contributed by atoms with Crippen LogP contribution in [0.4, 0.5) is 11.5 Å². The first-order chi connectivity index (χ1) is 10.3. The summed E-state index contributed by atoms with van der Waals surface area (Å²) in [6.45, 7) is 2.71. The third kappa shape index (κ3) is 5.22. The molecule has 0 fully saturated rings. The molecule has 0 unspecified atom stereocenters. The standard InChI is InChI=1S/C16H20N4O/c1-2-3-7-16(21)20-15-9-8-14(12-19-15)18-11-13-6-4-5-10-17-13/h4-6,8-10,12,18H,2-3,7,11H2,1H3,(H,19,20,21). The number of carbonyl (C=O) groups excluding carboxylic acids is 1. The number of hydrogen-bond acceptors (Lipinski definition) is 4. The third-order valence-electron chi connectivity index (χ3n) is 2.99. The van der Waals surface area contributed by atoms with Crippen molar-refractivity contribution in [3.05, 3.63) is 48.4 Å². The third-order valence-corrected chi connectivity index (χ3v) is 2.99. The van der Waals surface area contributed by atoms with E-state index in [1.54, 1.807) is 18.5 Å². The van der Waals surface area contributed by atoms with Gasteiger partial charge in [-0.05, 0) is 30.7 Å². The molecular weight excluding hydrogens is 264 g/mol. The van der Waals surface area contributed by atoms with E-state index in [0.29, 0.717) is 18.8 Å². The van der Waals surface area contributed by atoms with Crippen molar-refractivity contribution >= 4 is 17.4 Å². The van der Waals surface area contributed by atoms with Gasteiger partial charge in [0.05, 0.1) is 24.1 Å². The number of aromatic nitrogens is 2. The van der Waals surface area contributed by atoms with Gasteiger partial charge >= 0.3 is 0 Å². The Hall–Kier alpha value is -2.43. The van der Waals surface area contributed by atoms with E-state index in [0.717, 1.165) is 24.2 Å². The van der Waals surface area contributed by atoms with Crippen molar-refractivity contribution in [1.82, 2.24) is 9.97 Å². The number of hydrogen-bond donors (Lipinski definition) is 2. The SMILES string of the molecule is CCCCC(=O)Nc1ccc(NCc2ccccn2)cn1. The summed E-state index contributed by atoms with van der Waals surface area (Å²) >= 11 is 0. The Morgan fingerprint density at radius 3 is 2.76 bits per heavy atom. The average molecular weight is 284 g/mol. The Morgan fingerprint density at radius 1 is 1.19 bits per heavy atom. The molecule has 5 nitrogen and oxygen atoms in total. The van der Waals surface area contributed by atoms with Crippen LogP contribution in [0.2, 0.25) is 0 Å². The van der Waals surface area contributed by atoms with E-state index in [4.69, 9.17) is 0 Å². The van der Waals surface area contributed by atoms with E-state index in [2.05, 4.69) is 27.5 Å². The molecule has 0 aliphatic carbocycles. The molecule has 1 amide bonds. The number of unbranched alkanes of at least 4 members (excludes halogenated alkanes) is 1. The minimum absolute atomic E-state index is 0.0125. The summed E-state index contributed by atoms with van der Waals surface area (Å²) in [5.74, 6) is 0.595. The van der Waals surface area contributed by atoms with Crippen LogP contribution in [-0.4, -0.2) is 15.9 Å². The van der Waals surface area contributed by atoms with Gasteiger partial charge in [-0.15, -0.1) is 0 Å². The quantitative estimate of drug-likeness (QED) is 0.819. The van der Waals surface area contributed by atoms with Crippen LogP contribution >= 0.6 is 0 Å². The molecule has 2 rings (SSSR count). The molecule has 0 atom stereocenters. The van der Waals surface area contributed by atoms with E-state index in [9.17, 15) is 4.79 Å². The van der Waals surface area contributed by atoms with Gasteiger partial charge in [0.25, 0.3) is 0 Å². The number of carbonyl (C=O) groups is 1. The Balaban J connectivity index is 1.83. The fourth-order valence-electron chi connectivity index (χ4n) is 1.81. The summed E-state index contributed by atoms with van der Waals surface area (Å²) in [5.41, 5.74) is 1.86. The Kier molecular flexibility index (Phi) is 5.70. The van der Waals surface area contributed by atoms with Crippen LogP contribution in [-0.2, 0) is 11.3 Å². The van der Waals surface area contributed by atoms with Gasteiger partial charge in [-0.1, -0.05) is 19.4 Å². The second kappa shape index (κ2) is 7.99. The summed E-state index contributed by atoms with van der Waals surface area (Å²) < 4.78 is 0. The lowest BCUT2D eigenvalue weighted by molar-refractivity contribution is -0.116. The molecule has 0 saturated heterocycles. The molecule has 2 N–H and O–H groups in total. The fraction of sp³-hybridized carbons (Fsp3) is 0.312. The molecule has 0 radical (unpaired) electrons. The Labute approximate surface area is 124 Å².